The van der Waals surface area contributed by atoms with Crippen LogP contribution in [0.1, 0.15) is 502 Å². The Morgan fingerprint density at radius 1 is 0.293 bits per heavy atom. The van der Waals surface area contributed by atoms with E-state index >= 15 is 0 Å². The highest BCUT2D eigenvalue weighted by atomic mass is 16.5. The van der Waals surface area contributed by atoms with Gasteiger partial charge in [-0.15, -0.1) is 0 Å². The van der Waals surface area contributed by atoms with E-state index in [2.05, 4.69) is 31.3 Å². The van der Waals surface area contributed by atoms with Crippen molar-refractivity contribution in [2.45, 2.75) is 514 Å². The highest BCUT2D eigenvalue weighted by molar-refractivity contribution is 5.76. The number of rotatable bonds is 82. The Morgan fingerprint density at radius 3 is 0.772 bits per heavy atom. The van der Waals surface area contributed by atoms with E-state index in [4.69, 9.17) is 4.74 Å². The van der Waals surface area contributed by atoms with Crippen LogP contribution in [0.3, 0.4) is 0 Å². The first-order valence-electron chi connectivity index (χ1n) is 42.9. The number of hydrogen-bond acceptors (Lipinski definition) is 5. The van der Waals surface area contributed by atoms with Gasteiger partial charge in [0.05, 0.1) is 25.4 Å². The molecule has 0 spiro atoms. The fraction of sp³-hybridized carbons (Fsp3) is 0.953. The Kier molecular flexibility index (Phi) is 80.8. The Morgan fingerprint density at radius 2 is 0.511 bits per heavy atom. The van der Waals surface area contributed by atoms with Gasteiger partial charge in [0, 0.05) is 12.8 Å². The topological polar surface area (TPSA) is 95.9 Å². The molecule has 0 radical (unpaired) electrons. The lowest BCUT2D eigenvalue weighted by Gasteiger charge is -2.22. The first-order chi connectivity index (χ1) is 45.5. The lowest BCUT2D eigenvalue weighted by Crippen LogP contribution is -2.45. The van der Waals surface area contributed by atoms with Gasteiger partial charge in [-0.3, -0.25) is 9.59 Å². The lowest BCUT2D eigenvalue weighted by atomic mass is 10.0. The largest absolute Gasteiger partial charge is 0.466 e. The Bertz CT molecular complexity index is 1400. The molecular formula is C86H169NO5. The molecule has 3 N–H and O–H groups in total. The van der Waals surface area contributed by atoms with E-state index in [1.165, 1.54) is 430 Å². The molecule has 0 rings (SSSR count). The maximum Gasteiger partial charge on any atom is 0.305 e. The average molecular weight is 1300 g/mol. The van der Waals surface area contributed by atoms with Crippen LogP contribution in [0.4, 0.5) is 0 Å². The van der Waals surface area contributed by atoms with Crippen molar-refractivity contribution in [3.05, 3.63) is 12.2 Å². The van der Waals surface area contributed by atoms with Crippen LogP contribution in [0.15, 0.2) is 12.2 Å². The minimum atomic E-state index is -0.661. The summed E-state index contributed by atoms with van der Waals surface area (Å²) in [7, 11) is 0. The van der Waals surface area contributed by atoms with Crippen LogP contribution < -0.4 is 5.32 Å². The van der Waals surface area contributed by atoms with Gasteiger partial charge in [-0.1, -0.05) is 450 Å². The lowest BCUT2D eigenvalue weighted by molar-refractivity contribution is -0.143. The molecule has 1 amide bonds. The zero-order chi connectivity index (χ0) is 66.3. The fourth-order valence-electron chi connectivity index (χ4n) is 14.1. The molecule has 0 saturated heterocycles. The van der Waals surface area contributed by atoms with Crippen molar-refractivity contribution in [3.8, 4) is 0 Å². The molecule has 0 heterocycles. The molecule has 2 atom stereocenters. The van der Waals surface area contributed by atoms with Crippen molar-refractivity contribution in [2.24, 2.45) is 0 Å². The molecule has 0 aliphatic carbocycles. The van der Waals surface area contributed by atoms with Gasteiger partial charge in [-0.05, 0) is 51.4 Å². The van der Waals surface area contributed by atoms with Gasteiger partial charge >= 0.3 is 5.97 Å². The van der Waals surface area contributed by atoms with Crippen LogP contribution in [-0.4, -0.2) is 47.4 Å². The number of hydrogen-bond donors (Lipinski definition) is 3. The first-order valence-corrected chi connectivity index (χ1v) is 42.9. The summed E-state index contributed by atoms with van der Waals surface area (Å²) in [5.74, 6) is -0.00220. The standard InChI is InChI=1S/C86H169NO5/c1-3-5-7-9-11-13-15-17-19-21-23-24-40-43-46-50-54-58-62-66-70-74-78-84(89)83(82-88)87-85(90)79-75-71-67-63-59-55-51-47-44-41-38-36-34-32-30-28-26-25-27-29-31-33-35-37-39-42-45-49-53-57-61-65-69-73-77-81-92-86(91)80-76-72-68-64-60-56-52-48-22-20-18-16-14-12-10-8-6-4-2/h20,22,83-84,88-89H,3-19,21,23-82H2,1-2H3,(H,87,90)/b22-20-. The highest BCUT2D eigenvalue weighted by Gasteiger charge is 2.20. The van der Waals surface area contributed by atoms with Crippen LogP contribution >= 0.6 is 0 Å². The molecule has 2 unspecified atom stereocenters. The van der Waals surface area contributed by atoms with Crippen molar-refractivity contribution < 1.29 is 24.5 Å². The van der Waals surface area contributed by atoms with Crippen LogP contribution in [0, 0.1) is 0 Å². The number of nitrogens with one attached hydrogen (secondary N) is 1. The number of carbonyl (C=O) groups is 2. The second-order valence-electron chi connectivity index (χ2n) is 29.9. The Balaban J connectivity index is 3.30. The van der Waals surface area contributed by atoms with Crippen LogP contribution in [-0.2, 0) is 14.3 Å². The summed E-state index contributed by atoms with van der Waals surface area (Å²) in [6.45, 7) is 5.02. The molecule has 0 bridgehead atoms. The molecule has 0 aromatic carbocycles. The zero-order valence-electron chi connectivity index (χ0n) is 63.1. The van der Waals surface area contributed by atoms with Crippen LogP contribution in [0.2, 0.25) is 0 Å². The van der Waals surface area contributed by atoms with E-state index in [0.29, 0.717) is 25.9 Å². The van der Waals surface area contributed by atoms with Crippen molar-refractivity contribution in [1.29, 1.82) is 0 Å². The molecule has 0 aliphatic rings. The third-order valence-corrected chi connectivity index (χ3v) is 20.6. The molecular weight excluding hydrogens is 1130 g/mol. The van der Waals surface area contributed by atoms with Crippen LogP contribution in [0.25, 0.3) is 0 Å². The van der Waals surface area contributed by atoms with Gasteiger partial charge in [0.1, 0.15) is 0 Å². The van der Waals surface area contributed by atoms with E-state index in [-0.39, 0.29) is 18.5 Å². The third-order valence-electron chi connectivity index (χ3n) is 20.6. The molecule has 0 saturated carbocycles. The maximum absolute atomic E-state index is 12.6. The third kappa shape index (κ3) is 77.6. The SMILES string of the molecule is CCCCCCCCC/C=C\CCCCCCCCCC(=O)OCCCCCCCCCCCCCCCCCCCCCCCCCCCCCCCCCCCCCC(=O)NC(CO)C(O)CCCCCCCCCCCCCCCCCCCCCCCC. The Hall–Kier alpha value is -1.40. The normalized spacial score (nSPS) is 12.4. The monoisotopic (exact) mass is 1300 g/mol. The quantitative estimate of drug-likeness (QED) is 0.0320. The van der Waals surface area contributed by atoms with Gasteiger partial charge < -0.3 is 20.3 Å². The summed E-state index contributed by atoms with van der Waals surface area (Å²) in [6.07, 6.45) is 105. The van der Waals surface area contributed by atoms with Gasteiger partial charge in [-0.2, -0.15) is 0 Å². The summed E-state index contributed by atoms with van der Waals surface area (Å²) in [4.78, 5) is 24.7. The number of carbonyl (C=O) groups excluding carboxylic acids is 2. The Labute approximate surface area is 578 Å². The summed E-state index contributed by atoms with van der Waals surface area (Å²) in [5.41, 5.74) is 0. The second-order valence-corrected chi connectivity index (χ2v) is 29.9. The number of unbranched alkanes of at least 4 members (excludes halogenated alkanes) is 69. The highest BCUT2D eigenvalue weighted by Crippen LogP contribution is 2.21. The van der Waals surface area contributed by atoms with E-state index in [1.807, 2.05) is 0 Å². The number of aliphatic hydroxyl groups is 2. The van der Waals surface area contributed by atoms with Gasteiger partial charge in [0.15, 0.2) is 0 Å². The molecule has 0 aliphatic heterocycles. The minimum Gasteiger partial charge on any atom is -0.466 e. The zero-order valence-corrected chi connectivity index (χ0v) is 63.1. The summed E-state index contributed by atoms with van der Waals surface area (Å²) in [6, 6.07) is -0.538. The second kappa shape index (κ2) is 82.0. The van der Waals surface area contributed by atoms with E-state index in [0.717, 1.165) is 38.5 Å². The summed E-state index contributed by atoms with van der Waals surface area (Å²) >= 11 is 0. The predicted molar refractivity (Wildman–Crippen MR) is 407 cm³/mol. The van der Waals surface area contributed by atoms with Crippen molar-refractivity contribution in [2.75, 3.05) is 13.2 Å². The molecule has 0 aromatic rings. The smallest absolute Gasteiger partial charge is 0.305 e. The molecule has 6 heteroatoms. The van der Waals surface area contributed by atoms with Crippen molar-refractivity contribution in [1.82, 2.24) is 5.32 Å². The maximum atomic E-state index is 12.6. The number of aliphatic hydroxyl groups excluding tert-OH is 2. The number of allylic oxidation sites excluding steroid dienone is 2. The predicted octanol–water partition coefficient (Wildman–Crippen LogP) is 28.6. The van der Waals surface area contributed by atoms with Gasteiger partial charge in [-0.25, -0.2) is 0 Å². The van der Waals surface area contributed by atoms with Crippen molar-refractivity contribution in [3.63, 3.8) is 0 Å². The summed E-state index contributed by atoms with van der Waals surface area (Å²) in [5, 5.41) is 23.5. The summed E-state index contributed by atoms with van der Waals surface area (Å²) < 4.78 is 5.52. The van der Waals surface area contributed by atoms with Gasteiger partial charge in [0.25, 0.3) is 0 Å². The number of esters is 1. The fourth-order valence-corrected chi connectivity index (χ4v) is 14.1. The molecule has 6 nitrogen and oxygen atoms in total. The van der Waals surface area contributed by atoms with Gasteiger partial charge in [0.2, 0.25) is 5.91 Å². The first kappa shape index (κ1) is 90.6. The molecule has 0 fully saturated rings. The molecule has 548 valence electrons. The van der Waals surface area contributed by atoms with Crippen molar-refractivity contribution >= 4 is 11.9 Å². The number of ether oxygens (including phenoxy) is 1. The minimum absolute atomic E-state index is 0.0212. The molecule has 92 heavy (non-hydrogen) atoms. The molecule has 0 aromatic heterocycles. The number of amides is 1. The van der Waals surface area contributed by atoms with E-state index < -0.39 is 12.1 Å². The van der Waals surface area contributed by atoms with Crippen LogP contribution in [0.5, 0.6) is 0 Å². The average Bonchev–Trinajstić information content (AvgIpc) is 3.77. The van der Waals surface area contributed by atoms with E-state index in [1.54, 1.807) is 0 Å². The van der Waals surface area contributed by atoms with E-state index in [9.17, 15) is 19.8 Å².